The van der Waals surface area contributed by atoms with E-state index >= 15 is 0 Å². The summed E-state index contributed by atoms with van der Waals surface area (Å²) >= 11 is 1.85. The van der Waals surface area contributed by atoms with Gasteiger partial charge in [-0.05, 0) is 46.5 Å². The average Bonchev–Trinajstić information content (AvgIpc) is 3.43. The van der Waals surface area contributed by atoms with Crippen LogP contribution >= 0.6 is 11.3 Å². The van der Waals surface area contributed by atoms with Crippen LogP contribution in [0.4, 0.5) is 0 Å². The number of aromatic nitrogens is 2. The molecule has 0 radical (unpaired) electrons. The summed E-state index contributed by atoms with van der Waals surface area (Å²) in [6, 6.07) is 51.4. The van der Waals surface area contributed by atoms with Gasteiger partial charge in [0.25, 0.3) is 0 Å². The maximum Gasteiger partial charge on any atom is 0.160 e. The zero-order valence-electron chi connectivity index (χ0n) is 22.2. The molecule has 0 fully saturated rings. The Morgan fingerprint density at radius 2 is 0.929 bits per heavy atom. The van der Waals surface area contributed by atoms with E-state index in [2.05, 4.69) is 133 Å². The molecule has 0 aliphatic rings. The van der Waals surface area contributed by atoms with Crippen molar-refractivity contribution in [2.75, 3.05) is 0 Å². The minimum atomic E-state index is 0. The van der Waals surface area contributed by atoms with E-state index in [4.69, 9.17) is 9.97 Å². The van der Waals surface area contributed by atoms with E-state index in [-0.39, 0.29) is 7.43 Å². The molecule has 200 valence electrons. The van der Waals surface area contributed by atoms with Crippen molar-refractivity contribution in [2.24, 2.45) is 0 Å². The first-order valence-corrected chi connectivity index (χ1v) is 14.6. The first-order chi connectivity index (χ1) is 20.3. The van der Waals surface area contributed by atoms with Gasteiger partial charge in [-0.15, -0.1) is 11.3 Å². The molecule has 0 unspecified atom stereocenters. The number of hydrogen-bond donors (Lipinski definition) is 0. The highest BCUT2D eigenvalue weighted by Crippen LogP contribution is 2.37. The van der Waals surface area contributed by atoms with Gasteiger partial charge in [0.2, 0.25) is 0 Å². The number of benzene rings is 6. The number of para-hydroxylation sites is 1. The molecular weight excluding hydrogens is 529 g/mol. The Bertz CT molecular complexity index is 2180. The van der Waals surface area contributed by atoms with Crippen LogP contribution in [0.3, 0.4) is 0 Å². The van der Waals surface area contributed by atoms with Gasteiger partial charge in [0.05, 0.1) is 11.2 Å². The van der Waals surface area contributed by atoms with Gasteiger partial charge in [0, 0.05) is 36.7 Å². The van der Waals surface area contributed by atoms with Crippen molar-refractivity contribution in [2.45, 2.75) is 7.43 Å². The van der Waals surface area contributed by atoms with Crippen LogP contribution in [0, 0.1) is 0 Å². The van der Waals surface area contributed by atoms with Gasteiger partial charge in [-0.25, -0.2) is 9.97 Å². The van der Waals surface area contributed by atoms with E-state index in [9.17, 15) is 0 Å². The average molecular weight is 557 g/mol. The molecule has 42 heavy (non-hydrogen) atoms. The monoisotopic (exact) mass is 556 g/mol. The molecule has 0 spiro atoms. The van der Waals surface area contributed by atoms with E-state index in [1.54, 1.807) is 0 Å². The normalized spacial score (nSPS) is 11.1. The van der Waals surface area contributed by atoms with Gasteiger partial charge in [0.1, 0.15) is 0 Å². The Morgan fingerprint density at radius 3 is 1.71 bits per heavy atom. The van der Waals surface area contributed by atoms with Gasteiger partial charge in [0.15, 0.2) is 5.82 Å². The van der Waals surface area contributed by atoms with Crippen LogP contribution in [0.25, 0.3) is 76.0 Å². The first-order valence-electron chi connectivity index (χ1n) is 13.7. The fourth-order valence-electron chi connectivity index (χ4n) is 5.59. The molecule has 3 heteroatoms. The Kier molecular flexibility index (Phi) is 6.58. The molecule has 0 saturated carbocycles. The van der Waals surface area contributed by atoms with E-state index in [0.29, 0.717) is 0 Å². The summed E-state index contributed by atoms with van der Waals surface area (Å²) in [5, 5.41) is 3.68. The van der Waals surface area contributed by atoms with Crippen LogP contribution < -0.4 is 0 Å². The predicted octanol–water partition coefficient (Wildman–Crippen LogP) is 11.3. The molecule has 2 nitrogen and oxygen atoms in total. The molecule has 6 aromatic carbocycles. The third-order valence-corrected chi connectivity index (χ3v) is 8.87. The minimum Gasteiger partial charge on any atom is -0.228 e. The van der Waals surface area contributed by atoms with Crippen molar-refractivity contribution < 1.29 is 0 Å². The number of fused-ring (bicyclic) bond motifs is 4. The SMILES string of the molecule is C.c1ccc(-c2ccc(-c3nc(-c4ccc(-c5ccc6sc7ccccc7c6c5)cc4)nc4ccccc34)cc2)cc1. The van der Waals surface area contributed by atoms with E-state index < -0.39 is 0 Å². The quantitative estimate of drug-likeness (QED) is 0.215. The van der Waals surface area contributed by atoms with Crippen LogP contribution in [-0.2, 0) is 0 Å². The number of hydrogen-bond acceptors (Lipinski definition) is 3. The lowest BCUT2D eigenvalue weighted by atomic mass is 10.00. The number of rotatable bonds is 4. The van der Waals surface area contributed by atoms with E-state index in [1.807, 2.05) is 23.5 Å². The predicted molar refractivity (Wildman–Crippen MR) is 181 cm³/mol. The topological polar surface area (TPSA) is 25.8 Å². The molecule has 0 bridgehead atoms. The van der Waals surface area contributed by atoms with E-state index in [0.717, 1.165) is 33.5 Å². The van der Waals surface area contributed by atoms with Gasteiger partial charge in [-0.1, -0.05) is 129 Å². The molecule has 2 aromatic heterocycles. The molecule has 8 aromatic rings. The maximum atomic E-state index is 5.10. The maximum absolute atomic E-state index is 5.10. The van der Waals surface area contributed by atoms with Crippen molar-refractivity contribution in [1.29, 1.82) is 0 Å². The summed E-state index contributed by atoms with van der Waals surface area (Å²) in [6.45, 7) is 0. The smallest absolute Gasteiger partial charge is 0.160 e. The third kappa shape index (κ3) is 4.54. The minimum absolute atomic E-state index is 0. The number of thiophene rings is 1. The Morgan fingerprint density at radius 1 is 0.381 bits per heavy atom. The lowest BCUT2D eigenvalue weighted by Gasteiger charge is -2.11. The van der Waals surface area contributed by atoms with Crippen LogP contribution in [0.2, 0.25) is 0 Å². The molecule has 2 heterocycles. The fourth-order valence-corrected chi connectivity index (χ4v) is 6.68. The molecule has 0 atom stereocenters. The number of nitrogens with zero attached hydrogens (tertiary/aromatic N) is 2. The van der Waals surface area contributed by atoms with Crippen LogP contribution in [-0.4, -0.2) is 9.97 Å². The molecule has 8 rings (SSSR count). The Balaban J connectivity index is 0.00000288. The fraction of sp³-hybridized carbons (Fsp3) is 0.0256. The second-order valence-corrected chi connectivity index (χ2v) is 11.3. The Hall–Kier alpha value is -5.12. The van der Waals surface area contributed by atoms with E-state index in [1.165, 1.54) is 42.4 Å². The molecule has 0 N–H and O–H groups in total. The van der Waals surface area contributed by atoms with Crippen LogP contribution in [0.15, 0.2) is 146 Å². The standard InChI is InChI=1S/C38H24N2S.CH4/c1-2-8-25(9-3-1)26-14-18-28(19-15-26)37-32-11-4-6-12-34(32)39-38(40-37)29-20-16-27(17-21-29)30-22-23-36-33(24-30)31-10-5-7-13-35(31)41-36;/h1-24H;1H4. The highest BCUT2D eigenvalue weighted by atomic mass is 32.1. The second-order valence-electron chi connectivity index (χ2n) is 10.2. The van der Waals surface area contributed by atoms with Crippen LogP contribution in [0.5, 0.6) is 0 Å². The summed E-state index contributed by atoms with van der Waals surface area (Å²) in [5.74, 6) is 0.733. The van der Waals surface area contributed by atoms with Gasteiger partial charge >= 0.3 is 0 Å². The zero-order chi connectivity index (χ0) is 27.2. The second kappa shape index (κ2) is 10.7. The highest BCUT2D eigenvalue weighted by molar-refractivity contribution is 7.25. The zero-order valence-corrected chi connectivity index (χ0v) is 23.0. The van der Waals surface area contributed by atoms with Crippen molar-refractivity contribution in [1.82, 2.24) is 9.97 Å². The van der Waals surface area contributed by atoms with Gasteiger partial charge < -0.3 is 0 Å². The lowest BCUT2D eigenvalue weighted by molar-refractivity contribution is 1.23. The third-order valence-electron chi connectivity index (χ3n) is 7.72. The van der Waals surface area contributed by atoms with Crippen molar-refractivity contribution in [3.8, 4) is 44.9 Å². The summed E-state index contributed by atoms with van der Waals surface area (Å²) in [5.41, 5.74) is 8.77. The van der Waals surface area contributed by atoms with Crippen LogP contribution in [0.1, 0.15) is 7.43 Å². The highest BCUT2D eigenvalue weighted by Gasteiger charge is 2.13. The molecule has 0 amide bonds. The lowest BCUT2D eigenvalue weighted by Crippen LogP contribution is -1.95. The van der Waals surface area contributed by atoms with Crippen molar-refractivity contribution >= 4 is 42.4 Å². The molecule has 0 aliphatic carbocycles. The molecule has 0 saturated heterocycles. The largest absolute Gasteiger partial charge is 0.228 e. The summed E-state index contributed by atoms with van der Waals surface area (Å²) in [4.78, 5) is 10.1. The summed E-state index contributed by atoms with van der Waals surface area (Å²) in [6.07, 6.45) is 0. The van der Waals surface area contributed by atoms with Gasteiger partial charge in [-0.3, -0.25) is 0 Å². The summed E-state index contributed by atoms with van der Waals surface area (Å²) in [7, 11) is 0. The van der Waals surface area contributed by atoms with Crippen molar-refractivity contribution in [3.05, 3.63) is 146 Å². The van der Waals surface area contributed by atoms with Gasteiger partial charge in [-0.2, -0.15) is 0 Å². The first kappa shape index (κ1) is 25.8. The summed E-state index contributed by atoms with van der Waals surface area (Å²) < 4.78 is 2.65. The molecule has 0 aliphatic heterocycles. The molecular formula is C39H28N2S. The Labute approximate surface area is 249 Å². The van der Waals surface area contributed by atoms with Crippen molar-refractivity contribution in [3.63, 3.8) is 0 Å².